The number of hydrogen-bond acceptors (Lipinski definition) is 6. The summed E-state index contributed by atoms with van der Waals surface area (Å²) in [6, 6.07) is 4.91. The molecule has 0 saturated heterocycles. The van der Waals surface area contributed by atoms with Gasteiger partial charge in [0.1, 0.15) is 12.4 Å². The molecule has 0 amide bonds. The predicted octanol–water partition coefficient (Wildman–Crippen LogP) is 10.5. The maximum Gasteiger partial charge on any atom is 0.416 e. The minimum atomic E-state index is -4.47. The molecule has 2 unspecified atom stereocenters. The quantitative estimate of drug-likeness (QED) is 0.0791. The van der Waals surface area contributed by atoms with Crippen LogP contribution < -0.4 is 4.74 Å². The summed E-state index contributed by atoms with van der Waals surface area (Å²) in [6.45, 7) is 25.4. The highest BCUT2D eigenvalue weighted by atomic mass is 28.4. The van der Waals surface area contributed by atoms with Gasteiger partial charge < -0.3 is 23.4 Å². The number of benzene rings is 1. The minimum Gasteiger partial charge on any atom is -0.491 e. The van der Waals surface area contributed by atoms with E-state index >= 15 is 0 Å². The van der Waals surface area contributed by atoms with E-state index in [1.165, 1.54) is 12.1 Å². The molecule has 1 aromatic rings. The van der Waals surface area contributed by atoms with Crippen LogP contribution in [0.25, 0.3) is 0 Å². The second-order valence-electron chi connectivity index (χ2n) is 16.7. The van der Waals surface area contributed by atoms with Crippen molar-refractivity contribution >= 4 is 22.6 Å². The van der Waals surface area contributed by atoms with Gasteiger partial charge in [0.2, 0.25) is 0 Å². The van der Waals surface area contributed by atoms with Crippen LogP contribution in [0, 0.1) is 11.8 Å². The molecule has 1 N–H and O–H groups in total. The van der Waals surface area contributed by atoms with Gasteiger partial charge in [-0.1, -0.05) is 71.9 Å². The molecule has 5 atom stereocenters. The van der Waals surface area contributed by atoms with Crippen LogP contribution in [0.2, 0.25) is 36.3 Å². The number of hydrogen-bond donors (Lipinski definition) is 1. The maximum absolute atomic E-state index is 13.4. The molecule has 280 valence electrons. The first kappa shape index (κ1) is 43.2. The van der Waals surface area contributed by atoms with Crippen molar-refractivity contribution in [3.05, 3.63) is 54.1 Å². The number of unbranched alkanes of at least 4 members (excludes halogenated alkanes) is 1. The van der Waals surface area contributed by atoms with E-state index in [0.717, 1.165) is 18.6 Å². The third-order valence-electron chi connectivity index (χ3n) is 10.2. The van der Waals surface area contributed by atoms with Crippen molar-refractivity contribution in [3.8, 4) is 5.75 Å². The summed E-state index contributed by atoms with van der Waals surface area (Å²) < 4.78 is 65.0. The number of aliphatic hydroxyl groups excluding tert-OH is 1. The lowest BCUT2D eigenvalue weighted by atomic mass is 9.89. The van der Waals surface area contributed by atoms with Crippen molar-refractivity contribution in [3.63, 3.8) is 0 Å². The van der Waals surface area contributed by atoms with Crippen molar-refractivity contribution in [1.82, 2.24) is 0 Å². The van der Waals surface area contributed by atoms with Crippen molar-refractivity contribution in [2.45, 2.75) is 154 Å². The molecule has 49 heavy (non-hydrogen) atoms. The van der Waals surface area contributed by atoms with Crippen LogP contribution in [0.5, 0.6) is 5.75 Å². The number of esters is 1. The lowest BCUT2D eigenvalue weighted by Crippen LogP contribution is -2.45. The van der Waals surface area contributed by atoms with Crippen LogP contribution in [0.4, 0.5) is 13.2 Å². The Hall–Kier alpha value is -1.93. The molecule has 0 aromatic heterocycles. The Morgan fingerprint density at radius 3 is 2.20 bits per heavy atom. The molecule has 2 rings (SSSR count). The second kappa shape index (κ2) is 17.5. The molecular formula is C38H63F3O6Si2. The summed E-state index contributed by atoms with van der Waals surface area (Å²) in [5.74, 6) is -0.292. The average molecular weight is 729 g/mol. The Kier molecular flexibility index (Phi) is 15.5. The van der Waals surface area contributed by atoms with Crippen molar-refractivity contribution in [2.75, 3.05) is 6.61 Å². The normalized spacial score (nSPS) is 22.0. The molecular weight excluding hydrogens is 666 g/mol. The summed E-state index contributed by atoms with van der Waals surface area (Å²) in [6.07, 6.45) is 5.23. The van der Waals surface area contributed by atoms with E-state index in [1.54, 1.807) is 0 Å². The third-order valence-corrected chi connectivity index (χ3v) is 19.2. The topological polar surface area (TPSA) is 74.2 Å². The number of halogens is 3. The maximum atomic E-state index is 13.4. The Morgan fingerprint density at radius 2 is 1.63 bits per heavy atom. The van der Waals surface area contributed by atoms with E-state index in [0.29, 0.717) is 25.7 Å². The summed E-state index contributed by atoms with van der Waals surface area (Å²) in [5.41, 5.74) is -0.764. The van der Waals surface area contributed by atoms with Crippen molar-refractivity contribution in [2.24, 2.45) is 11.8 Å². The molecule has 0 radical (unpaired) electrons. The first-order valence-corrected chi connectivity index (χ1v) is 23.5. The van der Waals surface area contributed by atoms with Crippen LogP contribution in [0.1, 0.15) is 93.1 Å². The molecule has 1 fully saturated rings. The molecule has 1 aliphatic carbocycles. The fourth-order valence-corrected chi connectivity index (χ4v) is 7.92. The fraction of sp³-hybridized carbons (Fsp3) is 0.711. The Bertz CT molecular complexity index is 1250. The molecule has 1 aromatic carbocycles. The predicted molar refractivity (Wildman–Crippen MR) is 197 cm³/mol. The third kappa shape index (κ3) is 13.6. The SMILES string of the molecule is CC(C)OC(=O)CCC/C=C\C[C@H]1[C@@H](O)CC(O[Si](C)(C)C(C)(C)C)[C@@H]1/C=C/C(COc1cccc(C(F)(F)F)c1)O[Si](C)(C)C(C)(C)C. The Balaban J connectivity index is 2.36. The number of alkyl halides is 3. The fourth-order valence-electron chi connectivity index (χ4n) is 5.30. The van der Waals surface area contributed by atoms with Gasteiger partial charge >= 0.3 is 12.1 Å². The number of allylic oxidation sites excluding steroid dienone is 2. The van der Waals surface area contributed by atoms with E-state index in [-0.39, 0.29) is 52.4 Å². The van der Waals surface area contributed by atoms with Gasteiger partial charge in [-0.25, -0.2) is 0 Å². The summed E-state index contributed by atoms with van der Waals surface area (Å²) in [7, 11) is -4.50. The minimum absolute atomic E-state index is 0.0201. The van der Waals surface area contributed by atoms with Crippen LogP contribution in [-0.2, 0) is 24.6 Å². The molecule has 6 nitrogen and oxygen atoms in total. The summed E-state index contributed by atoms with van der Waals surface area (Å²) in [4.78, 5) is 11.9. The van der Waals surface area contributed by atoms with Gasteiger partial charge in [-0.3, -0.25) is 4.79 Å². The zero-order chi connectivity index (χ0) is 37.4. The molecule has 0 bridgehead atoms. The highest BCUT2D eigenvalue weighted by molar-refractivity contribution is 6.74. The summed E-state index contributed by atoms with van der Waals surface area (Å²) >= 11 is 0. The lowest BCUT2D eigenvalue weighted by molar-refractivity contribution is -0.147. The highest BCUT2D eigenvalue weighted by Gasteiger charge is 2.47. The van der Waals surface area contributed by atoms with Gasteiger partial charge in [0.05, 0.1) is 30.0 Å². The van der Waals surface area contributed by atoms with Gasteiger partial charge in [0.25, 0.3) is 0 Å². The monoisotopic (exact) mass is 728 g/mol. The molecule has 0 aliphatic heterocycles. The van der Waals surface area contributed by atoms with Crippen LogP contribution in [-0.4, -0.2) is 58.7 Å². The molecule has 0 spiro atoms. The van der Waals surface area contributed by atoms with Crippen molar-refractivity contribution in [1.29, 1.82) is 0 Å². The standard InChI is InChI=1S/C38H63F3O6Si2/c1-27(2)45-35(43)21-16-14-13-15-20-31-32(34(25-33(31)42)47-49(11,12)37(6,7)8)23-22-30(46-48(9,10)36(3,4)5)26-44-29-19-17-18-28(24-29)38(39,40)41/h13,15,17-19,22-24,27,30-34,42H,14,16,20-21,25-26H2,1-12H3/b15-13-,23-22+/t30?,31-,32-,33+,34?/m1/s1. The first-order chi connectivity index (χ1) is 22.3. The van der Waals surface area contributed by atoms with E-state index in [9.17, 15) is 23.1 Å². The van der Waals surface area contributed by atoms with Crippen molar-refractivity contribution < 1.29 is 41.4 Å². The van der Waals surface area contributed by atoms with Crippen LogP contribution in [0.15, 0.2) is 48.6 Å². The smallest absolute Gasteiger partial charge is 0.416 e. The van der Waals surface area contributed by atoms with E-state index in [4.69, 9.17) is 18.3 Å². The number of rotatable bonds is 16. The van der Waals surface area contributed by atoms with Gasteiger partial charge in [0, 0.05) is 12.3 Å². The zero-order valence-electron chi connectivity index (χ0n) is 31.9. The zero-order valence-corrected chi connectivity index (χ0v) is 33.9. The van der Waals surface area contributed by atoms with Gasteiger partial charge in [-0.2, -0.15) is 13.2 Å². The lowest BCUT2D eigenvalue weighted by Gasteiger charge is -2.40. The highest BCUT2D eigenvalue weighted by Crippen LogP contribution is 2.44. The molecule has 0 heterocycles. The number of ether oxygens (including phenoxy) is 2. The van der Waals surface area contributed by atoms with E-state index < -0.39 is 40.6 Å². The molecule has 1 saturated carbocycles. The summed E-state index contributed by atoms with van der Waals surface area (Å²) in [5, 5.41) is 11.2. The molecule has 1 aliphatic rings. The van der Waals surface area contributed by atoms with Gasteiger partial charge in [-0.05, 0) is 99.9 Å². The number of carbonyl (C=O) groups is 1. The average Bonchev–Trinajstić information content (AvgIpc) is 3.22. The Morgan fingerprint density at radius 1 is 1.00 bits per heavy atom. The van der Waals surface area contributed by atoms with E-state index in [2.05, 4.69) is 86.0 Å². The van der Waals surface area contributed by atoms with Crippen LogP contribution >= 0.6 is 0 Å². The largest absolute Gasteiger partial charge is 0.491 e. The van der Waals surface area contributed by atoms with Gasteiger partial charge in [-0.15, -0.1) is 0 Å². The van der Waals surface area contributed by atoms with Crippen LogP contribution in [0.3, 0.4) is 0 Å². The second-order valence-corrected chi connectivity index (χ2v) is 26.2. The molecule has 11 heteroatoms. The van der Waals surface area contributed by atoms with E-state index in [1.807, 2.05) is 19.9 Å². The Labute approximate surface area is 296 Å². The number of carbonyl (C=O) groups excluding carboxylic acids is 1. The number of aliphatic hydroxyl groups is 1. The first-order valence-electron chi connectivity index (χ1n) is 17.7. The van der Waals surface area contributed by atoms with Gasteiger partial charge in [0.15, 0.2) is 16.6 Å².